The zero-order valence-corrected chi connectivity index (χ0v) is 17.3. The van der Waals surface area contributed by atoms with Gasteiger partial charge in [0.05, 0.1) is 4.92 Å². The van der Waals surface area contributed by atoms with Gasteiger partial charge in [-0.05, 0) is 50.7 Å². The van der Waals surface area contributed by atoms with Crippen molar-refractivity contribution in [3.63, 3.8) is 0 Å². The maximum Gasteiger partial charge on any atom is 0.506 e. The Morgan fingerprint density at radius 3 is 2.86 bits per heavy atom. The van der Waals surface area contributed by atoms with Crippen molar-refractivity contribution in [2.24, 2.45) is 0 Å². The number of fused-ring (bicyclic) bond motifs is 1. The van der Waals surface area contributed by atoms with Gasteiger partial charge < -0.3 is 5.32 Å². The smallest absolute Gasteiger partial charge is 0.332 e. The maximum absolute atomic E-state index is 12.7. The van der Waals surface area contributed by atoms with Crippen LogP contribution in [0.5, 0.6) is 0 Å². The summed E-state index contributed by atoms with van der Waals surface area (Å²) in [5, 5.41) is 16.5. The summed E-state index contributed by atoms with van der Waals surface area (Å²) in [6.07, 6.45) is 2.65. The van der Waals surface area contributed by atoms with Crippen molar-refractivity contribution in [2.75, 3.05) is 6.16 Å². The normalized spacial score (nSPS) is 12.8. The number of nitrogens with zero attached hydrogens (tertiary/aromatic N) is 1. The molecule has 1 heterocycles. The minimum absolute atomic E-state index is 0.0600. The highest BCUT2D eigenvalue weighted by Crippen LogP contribution is 2.36. The summed E-state index contributed by atoms with van der Waals surface area (Å²) >= 11 is 7.49. The Morgan fingerprint density at radius 2 is 2.14 bits per heavy atom. The minimum atomic E-state index is -2.55. The van der Waals surface area contributed by atoms with Crippen LogP contribution < -0.4 is 5.32 Å². The first-order valence-corrected chi connectivity index (χ1v) is 11.0. The van der Waals surface area contributed by atoms with E-state index in [9.17, 15) is 24.4 Å². The first-order valence-electron chi connectivity index (χ1n) is 8.36. The molecule has 0 aliphatic rings. The largest absolute Gasteiger partial charge is 0.506 e. The zero-order valence-electron chi connectivity index (χ0n) is 14.8. The molecule has 2 aromatic carbocycles. The third kappa shape index (κ3) is 5.25. The number of carbonyl (C=O) groups excluding carboxylic acids is 1. The van der Waals surface area contributed by atoms with Gasteiger partial charge in [-0.25, -0.2) is 0 Å². The molecule has 29 heavy (non-hydrogen) atoms. The van der Waals surface area contributed by atoms with E-state index in [0.717, 1.165) is 10.1 Å². The maximum atomic E-state index is 12.7. The molecule has 1 amide bonds. The van der Waals surface area contributed by atoms with Gasteiger partial charge in [-0.15, -0.1) is 11.3 Å². The fraction of sp³-hybridized carbons (Fsp3) is 0.105. The highest BCUT2D eigenvalue weighted by Gasteiger charge is 2.31. The van der Waals surface area contributed by atoms with Crippen LogP contribution in [0.2, 0.25) is 5.02 Å². The zero-order chi connectivity index (χ0) is 21.0. The van der Waals surface area contributed by atoms with E-state index < -0.39 is 24.8 Å². The van der Waals surface area contributed by atoms with E-state index >= 15 is 0 Å². The van der Waals surface area contributed by atoms with E-state index in [1.54, 1.807) is 29.6 Å². The fourth-order valence-electron chi connectivity index (χ4n) is 2.83. The molecule has 0 saturated heterocycles. The molecule has 7 nitrogen and oxygen atoms in total. The lowest BCUT2D eigenvalue weighted by atomic mass is 9.99. The molecule has 2 unspecified atom stereocenters. The Bertz CT molecular complexity index is 1130. The van der Waals surface area contributed by atoms with Gasteiger partial charge in [-0.2, -0.15) is 4.89 Å². The Balaban J connectivity index is 1.82. The number of carbonyl (C=O) groups is 1. The SMILES string of the molecule is O=C(N/C=C/c1cccc([N+](=O)[O-])c1)C(C[P+](=O)O)c1csc2ccc(Cl)cc12. The number of thiophene rings is 1. The van der Waals surface area contributed by atoms with Crippen LogP contribution in [0, 0.1) is 10.1 Å². The van der Waals surface area contributed by atoms with Gasteiger partial charge in [0.15, 0.2) is 6.16 Å². The van der Waals surface area contributed by atoms with Crippen LogP contribution in [0.4, 0.5) is 5.69 Å². The predicted molar refractivity (Wildman–Crippen MR) is 115 cm³/mol. The average Bonchev–Trinajstić information content (AvgIpc) is 3.08. The molecule has 2 atom stereocenters. The molecule has 148 valence electrons. The number of nitro groups is 1. The molecule has 0 aliphatic heterocycles. The van der Waals surface area contributed by atoms with Gasteiger partial charge in [-0.1, -0.05) is 23.7 Å². The molecule has 3 rings (SSSR count). The van der Waals surface area contributed by atoms with Crippen LogP contribution in [0.1, 0.15) is 17.0 Å². The number of non-ortho nitro benzene ring substituents is 1. The molecule has 2 N–H and O–H groups in total. The van der Waals surface area contributed by atoms with Crippen molar-refractivity contribution in [1.29, 1.82) is 0 Å². The quantitative estimate of drug-likeness (QED) is 0.297. The van der Waals surface area contributed by atoms with Gasteiger partial charge >= 0.3 is 8.03 Å². The number of benzene rings is 2. The minimum Gasteiger partial charge on any atom is -0.332 e. The monoisotopic (exact) mass is 449 g/mol. The summed E-state index contributed by atoms with van der Waals surface area (Å²) in [6.45, 7) is 0. The van der Waals surface area contributed by atoms with Crippen molar-refractivity contribution in [3.8, 4) is 0 Å². The summed E-state index contributed by atoms with van der Waals surface area (Å²) in [4.78, 5) is 32.5. The molecule has 10 heteroatoms. The summed E-state index contributed by atoms with van der Waals surface area (Å²) in [5.41, 5.74) is 1.11. The van der Waals surface area contributed by atoms with E-state index in [0.29, 0.717) is 16.1 Å². The second-order valence-electron chi connectivity index (χ2n) is 6.11. The van der Waals surface area contributed by atoms with Gasteiger partial charge in [0.25, 0.3) is 5.69 Å². The van der Waals surface area contributed by atoms with Crippen molar-refractivity contribution in [3.05, 3.63) is 80.3 Å². The summed E-state index contributed by atoms with van der Waals surface area (Å²) in [5.74, 6) is -1.30. The van der Waals surface area contributed by atoms with E-state index in [4.69, 9.17) is 11.6 Å². The fourth-order valence-corrected chi connectivity index (χ4v) is 4.67. The van der Waals surface area contributed by atoms with Crippen LogP contribution in [0.3, 0.4) is 0 Å². The van der Waals surface area contributed by atoms with Gasteiger partial charge in [0.1, 0.15) is 5.92 Å². The molecule has 1 aromatic heterocycles. The number of nitrogens with one attached hydrogen (secondary N) is 1. The number of rotatable bonds is 7. The number of nitro benzene ring substituents is 1. The lowest BCUT2D eigenvalue weighted by Gasteiger charge is -2.10. The average molecular weight is 450 g/mol. The van der Waals surface area contributed by atoms with Crippen LogP contribution in [0.25, 0.3) is 16.2 Å². The Labute approximate surface area is 175 Å². The molecule has 0 aliphatic carbocycles. The van der Waals surface area contributed by atoms with Crippen LogP contribution in [-0.2, 0) is 9.36 Å². The first-order chi connectivity index (χ1) is 13.8. The molecular weight excluding hydrogens is 435 g/mol. The highest BCUT2D eigenvalue weighted by molar-refractivity contribution is 7.38. The van der Waals surface area contributed by atoms with E-state index in [1.165, 1.54) is 35.7 Å². The van der Waals surface area contributed by atoms with Gasteiger partial charge in [0, 0.05) is 28.1 Å². The van der Waals surface area contributed by atoms with Crippen molar-refractivity contribution in [2.45, 2.75) is 5.92 Å². The molecule has 0 bridgehead atoms. The summed E-state index contributed by atoms with van der Waals surface area (Å²) in [6, 6.07) is 11.3. The van der Waals surface area contributed by atoms with Crippen molar-refractivity contribution in [1.82, 2.24) is 5.32 Å². The van der Waals surface area contributed by atoms with E-state index in [1.807, 2.05) is 6.07 Å². The molecule has 3 aromatic rings. The summed E-state index contributed by atoms with van der Waals surface area (Å²) < 4.78 is 12.4. The standard InChI is InChI=1S/C19H14ClN2O5PS/c20-13-4-5-18-15(9-13)17(11-29-18)16(10-28(26)27)19(23)21-7-6-12-2-1-3-14(8-12)22(24)25/h1-9,11,16H,10H2,(H-,21,23,26,27)/p+1/b7-6+. The van der Waals surface area contributed by atoms with E-state index in [2.05, 4.69) is 5.32 Å². The number of hydrogen-bond acceptors (Lipinski definition) is 5. The topological polar surface area (TPSA) is 110 Å². The number of amides is 1. The molecule has 0 fully saturated rings. The third-order valence-corrected chi connectivity index (χ3v) is 6.07. The second kappa shape index (κ2) is 9.24. The Morgan fingerprint density at radius 1 is 1.34 bits per heavy atom. The van der Waals surface area contributed by atoms with Crippen molar-refractivity contribution < 1.29 is 19.2 Å². The summed E-state index contributed by atoms with van der Waals surface area (Å²) in [7, 11) is -2.55. The number of hydrogen-bond donors (Lipinski definition) is 2. The van der Waals surface area contributed by atoms with Crippen molar-refractivity contribution >= 4 is 58.7 Å². The predicted octanol–water partition coefficient (Wildman–Crippen LogP) is 5.07. The highest BCUT2D eigenvalue weighted by atomic mass is 35.5. The van der Waals surface area contributed by atoms with Crippen LogP contribution in [-0.4, -0.2) is 21.9 Å². The molecular formula is C19H15ClN2O5PS+. The Hall–Kier alpha value is -2.64. The van der Waals surface area contributed by atoms with Gasteiger partial charge in [0.2, 0.25) is 5.91 Å². The molecule has 0 radical (unpaired) electrons. The second-order valence-corrected chi connectivity index (χ2v) is 8.53. The third-order valence-electron chi connectivity index (χ3n) is 4.18. The molecule has 0 spiro atoms. The first kappa shape index (κ1) is 21.1. The van der Waals surface area contributed by atoms with E-state index in [-0.39, 0.29) is 11.8 Å². The Kier molecular flexibility index (Phi) is 6.71. The lowest BCUT2D eigenvalue weighted by molar-refractivity contribution is -0.384. The number of halogens is 1. The van der Waals surface area contributed by atoms with Gasteiger partial charge in [-0.3, -0.25) is 14.9 Å². The van der Waals surface area contributed by atoms with Crippen LogP contribution in [0.15, 0.2) is 54.0 Å². The molecule has 0 saturated carbocycles. The van der Waals surface area contributed by atoms with Crippen LogP contribution >= 0.6 is 31.0 Å². The lowest BCUT2D eigenvalue weighted by Crippen LogP contribution is -2.26.